The summed E-state index contributed by atoms with van der Waals surface area (Å²) in [4.78, 5) is 13.1. The minimum absolute atomic E-state index is 0.0304. The Morgan fingerprint density at radius 3 is 2.38 bits per heavy atom. The third-order valence-electron chi connectivity index (χ3n) is 4.64. The van der Waals surface area contributed by atoms with E-state index in [9.17, 15) is 23.1 Å². The van der Waals surface area contributed by atoms with E-state index in [-0.39, 0.29) is 18.0 Å². The maximum atomic E-state index is 13.1. The number of hydrogen-bond donors (Lipinski definition) is 1. The van der Waals surface area contributed by atoms with Gasteiger partial charge in [-0.25, -0.2) is 0 Å². The molecule has 3 nitrogen and oxygen atoms in total. The van der Waals surface area contributed by atoms with Gasteiger partial charge in [0.15, 0.2) is 5.78 Å². The van der Waals surface area contributed by atoms with Crippen molar-refractivity contribution in [3.63, 3.8) is 0 Å². The number of alkyl halides is 3. The molecule has 0 amide bonds. The number of furan rings is 1. The molecule has 3 aromatic carbocycles. The lowest BCUT2D eigenvalue weighted by Crippen LogP contribution is -2.06. The number of phenolic OH excluding ortho intramolecular Hbond substituents is 1. The Hall–Kier alpha value is -3.54. The van der Waals surface area contributed by atoms with E-state index in [0.717, 1.165) is 12.1 Å². The Kier molecular flexibility index (Phi) is 4.62. The number of benzene rings is 3. The second-order valence-electron chi connectivity index (χ2n) is 6.65. The zero-order valence-corrected chi connectivity index (χ0v) is 15.0. The smallest absolute Gasteiger partial charge is 0.416 e. The first kappa shape index (κ1) is 18.8. The maximum absolute atomic E-state index is 13.1. The van der Waals surface area contributed by atoms with Crippen LogP contribution in [0, 0.1) is 0 Å². The molecule has 0 radical (unpaired) electrons. The van der Waals surface area contributed by atoms with Gasteiger partial charge < -0.3 is 9.52 Å². The van der Waals surface area contributed by atoms with Crippen LogP contribution in [-0.4, -0.2) is 10.9 Å². The van der Waals surface area contributed by atoms with Crippen molar-refractivity contribution >= 4 is 16.8 Å². The molecule has 4 rings (SSSR count). The molecule has 146 valence electrons. The molecule has 1 N–H and O–H groups in total. The molecule has 0 aliphatic heterocycles. The van der Waals surface area contributed by atoms with E-state index in [1.165, 1.54) is 30.3 Å². The van der Waals surface area contributed by atoms with E-state index in [1.54, 1.807) is 30.3 Å². The molecular weight excluding hydrogens is 381 g/mol. The fraction of sp³-hybridized carbons (Fsp3) is 0.0870. The molecule has 0 spiro atoms. The zero-order valence-electron chi connectivity index (χ0n) is 15.0. The van der Waals surface area contributed by atoms with Crippen molar-refractivity contribution in [2.75, 3.05) is 0 Å². The average molecular weight is 396 g/mol. The maximum Gasteiger partial charge on any atom is 0.416 e. The summed E-state index contributed by atoms with van der Waals surface area (Å²) in [7, 11) is 0. The van der Waals surface area contributed by atoms with Gasteiger partial charge in [-0.1, -0.05) is 36.4 Å². The van der Waals surface area contributed by atoms with Crippen molar-refractivity contribution in [1.82, 2.24) is 0 Å². The van der Waals surface area contributed by atoms with Gasteiger partial charge in [0, 0.05) is 17.4 Å². The number of carbonyl (C=O) groups excluding carboxylic acids is 1. The van der Waals surface area contributed by atoms with E-state index in [0.29, 0.717) is 33.4 Å². The van der Waals surface area contributed by atoms with Crippen LogP contribution < -0.4 is 0 Å². The third-order valence-corrected chi connectivity index (χ3v) is 4.64. The molecule has 0 aliphatic rings. The van der Waals surface area contributed by atoms with Gasteiger partial charge in [0.2, 0.25) is 0 Å². The highest BCUT2D eigenvalue weighted by Gasteiger charge is 2.30. The van der Waals surface area contributed by atoms with Crippen LogP contribution in [0.2, 0.25) is 0 Å². The van der Waals surface area contributed by atoms with Gasteiger partial charge >= 0.3 is 6.18 Å². The summed E-state index contributed by atoms with van der Waals surface area (Å²) in [6.45, 7) is 0. The molecule has 0 saturated heterocycles. The van der Waals surface area contributed by atoms with Crippen LogP contribution in [0.4, 0.5) is 13.2 Å². The van der Waals surface area contributed by atoms with E-state index in [1.807, 2.05) is 0 Å². The number of phenols is 1. The van der Waals surface area contributed by atoms with Gasteiger partial charge in [0.25, 0.3) is 0 Å². The highest BCUT2D eigenvalue weighted by atomic mass is 19.4. The highest BCUT2D eigenvalue weighted by Crippen LogP contribution is 2.33. The topological polar surface area (TPSA) is 50.4 Å². The third kappa shape index (κ3) is 3.74. The lowest BCUT2D eigenvalue weighted by atomic mass is 9.97. The minimum Gasteiger partial charge on any atom is -0.508 e. The molecular formula is C23H15F3O3. The van der Waals surface area contributed by atoms with Crippen LogP contribution in [0.15, 0.2) is 77.2 Å². The van der Waals surface area contributed by atoms with Gasteiger partial charge in [-0.05, 0) is 42.0 Å². The second-order valence-corrected chi connectivity index (χ2v) is 6.65. The van der Waals surface area contributed by atoms with Crippen LogP contribution in [0.1, 0.15) is 32.8 Å². The summed E-state index contributed by atoms with van der Waals surface area (Å²) in [6, 6.07) is 17.7. The average Bonchev–Trinajstić information content (AvgIpc) is 3.05. The minimum atomic E-state index is -4.45. The van der Waals surface area contributed by atoms with Crippen molar-refractivity contribution < 1.29 is 27.5 Å². The van der Waals surface area contributed by atoms with Crippen LogP contribution in [0.3, 0.4) is 0 Å². The second kappa shape index (κ2) is 7.13. The quantitative estimate of drug-likeness (QED) is 0.432. The van der Waals surface area contributed by atoms with E-state index in [4.69, 9.17) is 4.42 Å². The number of fused-ring (bicyclic) bond motifs is 1. The molecule has 0 atom stereocenters. The standard InChI is InChI=1S/C23H15F3O3/c24-23(25,26)16-5-3-4-14(12-16)13-20-21(18-6-1-2-7-19(18)29-20)22(28)15-8-10-17(27)11-9-15/h1-12,27H,13H2. The Morgan fingerprint density at radius 1 is 0.931 bits per heavy atom. The van der Waals surface area contributed by atoms with Crippen LogP contribution in [-0.2, 0) is 12.6 Å². The highest BCUT2D eigenvalue weighted by molar-refractivity contribution is 6.16. The molecule has 29 heavy (non-hydrogen) atoms. The van der Waals surface area contributed by atoms with Crippen LogP contribution >= 0.6 is 0 Å². The first-order chi connectivity index (χ1) is 13.8. The SMILES string of the molecule is O=C(c1ccc(O)cc1)c1c(Cc2cccc(C(F)(F)F)c2)oc2ccccc12. The summed E-state index contributed by atoms with van der Waals surface area (Å²) < 4.78 is 45.0. The van der Waals surface area contributed by atoms with Gasteiger partial charge in [-0.2, -0.15) is 13.2 Å². The van der Waals surface area contributed by atoms with Gasteiger partial charge in [-0.15, -0.1) is 0 Å². The van der Waals surface area contributed by atoms with Gasteiger partial charge in [-0.3, -0.25) is 4.79 Å². The number of hydrogen-bond acceptors (Lipinski definition) is 3. The number of ketones is 1. The summed E-state index contributed by atoms with van der Waals surface area (Å²) >= 11 is 0. The van der Waals surface area contributed by atoms with E-state index in [2.05, 4.69) is 0 Å². The van der Waals surface area contributed by atoms with Crippen molar-refractivity contribution in [2.24, 2.45) is 0 Å². The van der Waals surface area contributed by atoms with Crippen molar-refractivity contribution in [3.8, 4) is 5.75 Å². The molecule has 4 aromatic rings. The summed E-state index contributed by atoms with van der Waals surface area (Å²) in [5, 5.41) is 10.1. The largest absolute Gasteiger partial charge is 0.508 e. The first-order valence-electron chi connectivity index (χ1n) is 8.83. The number of halogens is 3. The number of carbonyl (C=O) groups is 1. The Bertz CT molecular complexity index is 1190. The Labute approximate surface area is 164 Å². The lowest BCUT2D eigenvalue weighted by molar-refractivity contribution is -0.137. The number of para-hydroxylation sites is 1. The molecule has 0 bridgehead atoms. The molecule has 1 aromatic heterocycles. The molecule has 6 heteroatoms. The molecule has 0 fully saturated rings. The van der Waals surface area contributed by atoms with Crippen molar-refractivity contribution in [3.05, 3.63) is 101 Å². The predicted octanol–water partition coefficient (Wildman–Crippen LogP) is 5.98. The van der Waals surface area contributed by atoms with E-state index >= 15 is 0 Å². The fourth-order valence-electron chi connectivity index (χ4n) is 3.27. The normalized spacial score (nSPS) is 11.7. The van der Waals surface area contributed by atoms with Gasteiger partial charge in [0.1, 0.15) is 17.1 Å². The van der Waals surface area contributed by atoms with Gasteiger partial charge in [0.05, 0.1) is 11.1 Å². The summed E-state index contributed by atoms with van der Waals surface area (Å²) in [5.41, 5.74) is 0.774. The predicted molar refractivity (Wildman–Crippen MR) is 102 cm³/mol. The fourth-order valence-corrected chi connectivity index (χ4v) is 3.27. The Balaban J connectivity index is 1.80. The monoisotopic (exact) mass is 396 g/mol. The van der Waals surface area contributed by atoms with Crippen molar-refractivity contribution in [1.29, 1.82) is 0 Å². The first-order valence-corrected chi connectivity index (χ1v) is 8.83. The molecule has 0 aliphatic carbocycles. The van der Waals surface area contributed by atoms with Crippen LogP contribution in [0.5, 0.6) is 5.75 Å². The molecule has 0 unspecified atom stereocenters. The lowest BCUT2D eigenvalue weighted by Gasteiger charge is -2.09. The molecule has 0 saturated carbocycles. The van der Waals surface area contributed by atoms with Crippen molar-refractivity contribution in [2.45, 2.75) is 12.6 Å². The summed E-state index contributed by atoms with van der Waals surface area (Å²) in [6.07, 6.45) is -4.41. The summed E-state index contributed by atoms with van der Waals surface area (Å²) in [5.74, 6) is 0.00307. The van der Waals surface area contributed by atoms with E-state index < -0.39 is 11.7 Å². The van der Waals surface area contributed by atoms with Crippen LogP contribution in [0.25, 0.3) is 11.0 Å². The Morgan fingerprint density at radius 2 is 1.66 bits per heavy atom. The molecule has 1 heterocycles. The zero-order chi connectivity index (χ0) is 20.6. The number of rotatable bonds is 4. The number of aromatic hydroxyl groups is 1.